The highest BCUT2D eigenvalue weighted by Gasteiger charge is 2.92. The number of carbonyl (C=O) groups is 4. The Kier molecular flexibility index (Phi) is 7.48. The van der Waals surface area contributed by atoms with Crippen LogP contribution < -0.4 is 0 Å². The number of benzene rings is 6. The molecule has 0 aliphatic heterocycles. The SMILES string of the molecule is CC1(C(=O)O)C(C)(C(=O)O)C(C)(C(=O)OCc2c3ccccc3cc3ccccc23)C1(C)C(=O)OCc1c2ccccc2cc2ccccc12. The Morgan fingerprint density at radius 1 is 0.460 bits per heavy atom. The van der Waals surface area contributed by atoms with Crippen molar-refractivity contribution in [1.82, 2.24) is 0 Å². The van der Waals surface area contributed by atoms with E-state index < -0.39 is 45.5 Å². The summed E-state index contributed by atoms with van der Waals surface area (Å²) in [7, 11) is 0. The molecule has 6 aromatic carbocycles. The summed E-state index contributed by atoms with van der Waals surface area (Å²) in [6.07, 6.45) is 0. The Labute approximate surface area is 288 Å². The van der Waals surface area contributed by atoms with Gasteiger partial charge in [0.2, 0.25) is 0 Å². The minimum absolute atomic E-state index is 0.233. The number of esters is 2. The quantitative estimate of drug-likeness (QED) is 0.123. The first-order valence-corrected chi connectivity index (χ1v) is 16.4. The van der Waals surface area contributed by atoms with Crippen molar-refractivity contribution in [2.75, 3.05) is 0 Å². The van der Waals surface area contributed by atoms with Crippen molar-refractivity contribution in [3.63, 3.8) is 0 Å². The number of aliphatic carboxylic acids is 2. The van der Waals surface area contributed by atoms with Crippen LogP contribution in [0.15, 0.2) is 109 Å². The van der Waals surface area contributed by atoms with Crippen LogP contribution in [0, 0.1) is 21.7 Å². The molecule has 0 bridgehead atoms. The van der Waals surface area contributed by atoms with E-state index in [9.17, 15) is 29.4 Å². The summed E-state index contributed by atoms with van der Waals surface area (Å²) in [4.78, 5) is 55.2. The summed E-state index contributed by atoms with van der Waals surface area (Å²) in [5.74, 6) is -5.09. The van der Waals surface area contributed by atoms with Gasteiger partial charge in [0.05, 0.1) is 21.7 Å². The number of hydrogen-bond acceptors (Lipinski definition) is 6. The van der Waals surface area contributed by atoms with Gasteiger partial charge in [0.15, 0.2) is 0 Å². The molecule has 7 rings (SSSR count). The second-order valence-corrected chi connectivity index (χ2v) is 13.9. The Morgan fingerprint density at radius 3 is 0.980 bits per heavy atom. The lowest BCUT2D eigenvalue weighted by molar-refractivity contribution is -0.297. The van der Waals surface area contributed by atoms with E-state index in [1.54, 1.807) is 0 Å². The Hall–Kier alpha value is -5.76. The molecule has 0 heterocycles. The lowest BCUT2D eigenvalue weighted by atomic mass is 9.25. The van der Waals surface area contributed by atoms with Crippen molar-refractivity contribution in [2.24, 2.45) is 21.7 Å². The zero-order valence-electron chi connectivity index (χ0n) is 28.2. The van der Waals surface area contributed by atoms with Gasteiger partial charge in [-0.2, -0.15) is 0 Å². The number of carbonyl (C=O) groups excluding carboxylic acids is 2. The Morgan fingerprint density at radius 2 is 0.720 bits per heavy atom. The molecule has 4 atom stereocenters. The van der Waals surface area contributed by atoms with E-state index in [1.165, 1.54) is 27.7 Å². The van der Waals surface area contributed by atoms with Crippen LogP contribution in [0.3, 0.4) is 0 Å². The minimum Gasteiger partial charge on any atom is -0.481 e. The fraction of sp³-hybridized carbons (Fsp3) is 0.238. The predicted octanol–water partition coefficient (Wildman–Crippen LogP) is 8.29. The van der Waals surface area contributed by atoms with Gasteiger partial charge in [0.25, 0.3) is 0 Å². The Bertz CT molecular complexity index is 2140. The first-order valence-electron chi connectivity index (χ1n) is 16.4. The molecule has 8 heteroatoms. The number of ether oxygens (including phenoxy) is 2. The van der Waals surface area contributed by atoms with E-state index in [4.69, 9.17) is 9.47 Å². The van der Waals surface area contributed by atoms with Gasteiger partial charge >= 0.3 is 23.9 Å². The number of carboxylic acid groups (broad SMARTS) is 2. The van der Waals surface area contributed by atoms with Crippen molar-refractivity contribution in [3.8, 4) is 0 Å². The van der Waals surface area contributed by atoms with Gasteiger partial charge in [-0.3, -0.25) is 19.2 Å². The smallest absolute Gasteiger partial charge is 0.314 e. The van der Waals surface area contributed by atoms with Crippen LogP contribution in [0.25, 0.3) is 43.1 Å². The Balaban J connectivity index is 1.29. The molecule has 1 fully saturated rings. The van der Waals surface area contributed by atoms with E-state index >= 15 is 0 Å². The van der Waals surface area contributed by atoms with Crippen LogP contribution in [0.4, 0.5) is 0 Å². The first-order chi connectivity index (χ1) is 23.8. The summed E-state index contributed by atoms with van der Waals surface area (Å²) in [5.41, 5.74) is -7.41. The van der Waals surface area contributed by atoms with Crippen LogP contribution in [0.5, 0.6) is 0 Å². The molecular formula is C42H36O8. The fourth-order valence-electron chi connectivity index (χ4n) is 8.70. The fourth-order valence-corrected chi connectivity index (χ4v) is 8.70. The summed E-state index contributed by atoms with van der Waals surface area (Å²) in [6.45, 7) is 4.55. The summed E-state index contributed by atoms with van der Waals surface area (Å²) in [6, 6.07) is 34.7. The lowest BCUT2D eigenvalue weighted by Gasteiger charge is -2.71. The van der Waals surface area contributed by atoms with Crippen molar-refractivity contribution >= 4 is 67.0 Å². The third-order valence-electron chi connectivity index (χ3n) is 12.1. The van der Waals surface area contributed by atoms with Crippen LogP contribution >= 0.6 is 0 Å². The molecule has 1 aliphatic rings. The predicted molar refractivity (Wildman–Crippen MR) is 190 cm³/mol. The molecule has 50 heavy (non-hydrogen) atoms. The molecule has 0 spiro atoms. The van der Waals surface area contributed by atoms with Gasteiger partial charge in [-0.15, -0.1) is 0 Å². The highest BCUT2D eigenvalue weighted by molar-refractivity contribution is 6.07. The van der Waals surface area contributed by atoms with Crippen LogP contribution in [-0.2, 0) is 41.9 Å². The summed E-state index contributed by atoms with van der Waals surface area (Å²) >= 11 is 0. The average molecular weight is 669 g/mol. The van der Waals surface area contributed by atoms with E-state index in [0.717, 1.165) is 43.1 Å². The second kappa shape index (κ2) is 11.4. The molecular weight excluding hydrogens is 632 g/mol. The molecule has 0 radical (unpaired) electrons. The minimum atomic E-state index is -2.26. The topological polar surface area (TPSA) is 127 Å². The molecule has 2 N–H and O–H groups in total. The highest BCUT2D eigenvalue weighted by atomic mass is 16.5. The first kappa shape index (κ1) is 32.8. The van der Waals surface area contributed by atoms with E-state index in [0.29, 0.717) is 11.1 Å². The molecule has 0 saturated heterocycles. The molecule has 6 aromatic rings. The number of fused-ring (bicyclic) bond motifs is 4. The molecule has 1 saturated carbocycles. The number of carboxylic acids is 2. The van der Waals surface area contributed by atoms with Gasteiger partial charge in [-0.05, 0) is 82.9 Å². The number of hydrogen-bond donors (Lipinski definition) is 2. The average Bonchev–Trinajstić information content (AvgIpc) is 3.12. The maximum Gasteiger partial charge on any atom is 0.314 e. The summed E-state index contributed by atoms with van der Waals surface area (Å²) < 4.78 is 12.0. The maximum atomic E-state index is 14.5. The van der Waals surface area contributed by atoms with Gasteiger partial charge < -0.3 is 19.7 Å². The van der Waals surface area contributed by atoms with Crippen LogP contribution in [-0.4, -0.2) is 34.1 Å². The monoisotopic (exact) mass is 668 g/mol. The van der Waals surface area contributed by atoms with Gasteiger partial charge in [-0.1, -0.05) is 97.1 Å². The van der Waals surface area contributed by atoms with Crippen LogP contribution in [0.2, 0.25) is 0 Å². The second-order valence-electron chi connectivity index (χ2n) is 13.9. The highest BCUT2D eigenvalue weighted by Crippen LogP contribution is 2.79. The number of rotatable bonds is 8. The largest absolute Gasteiger partial charge is 0.481 e. The van der Waals surface area contributed by atoms with E-state index in [2.05, 4.69) is 0 Å². The maximum absolute atomic E-state index is 14.5. The van der Waals surface area contributed by atoms with Crippen molar-refractivity contribution in [2.45, 2.75) is 40.9 Å². The standard InChI is InChI=1S/C42H36O8/c1-39(35(43)44)40(2,36(45)46)42(4,38(48)50-24-34-31-19-11-7-15-27(31)22-28-16-8-12-20-32(28)34)41(39,3)37(47)49-23-33-29-17-9-5-13-25(29)21-26-14-6-10-18-30(26)33/h5-22H,23-24H2,1-4H3,(H,43,44)(H,45,46). The van der Waals surface area contributed by atoms with E-state index in [1.807, 2.05) is 109 Å². The van der Waals surface area contributed by atoms with Crippen molar-refractivity contribution < 1.29 is 38.9 Å². The zero-order valence-corrected chi connectivity index (χ0v) is 28.2. The molecule has 0 amide bonds. The third-order valence-corrected chi connectivity index (χ3v) is 12.1. The van der Waals surface area contributed by atoms with Crippen molar-refractivity contribution in [3.05, 3.63) is 120 Å². The third kappa shape index (κ3) is 4.11. The molecule has 8 nitrogen and oxygen atoms in total. The van der Waals surface area contributed by atoms with Gasteiger partial charge in [-0.25, -0.2) is 0 Å². The lowest BCUT2D eigenvalue weighted by Crippen LogP contribution is -2.84. The van der Waals surface area contributed by atoms with Gasteiger partial charge in [0, 0.05) is 11.1 Å². The van der Waals surface area contributed by atoms with Crippen molar-refractivity contribution in [1.29, 1.82) is 0 Å². The summed E-state index contributed by atoms with van der Waals surface area (Å²) in [5, 5.41) is 28.4. The van der Waals surface area contributed by atoms with E-state index in [-0.39, 0.29) is 13.2 Å². The molecule has 4 unspecified atom stereocenters. The normalized spacial score (nSPS) is 24.6. The van der Waals surface area contributed by atoms with Crippen LogP contribution in [0.1, 0.15) is 38.8 Å². The zero-order chi connectivity index (χ0) is 35.6. The molecule has 1 aliphatic carbocycles. The molecule has 0 aromatic heterocycles. The van der Waals surface area contributed by atoms with Gasteiger partial charge in [0.1, 0.15) is 13.2 Å². The molecule has 252 valence electrons.